The minimum atomic E-state index is -3.23. The van der Waals surface area contributed by atoms with Gasteiger partial charge in [-0.1, -0.05) is 24.3 Å². The Morgan fingerprint density at radius 1 is 1.10 bits per heavy atom. The smallest absolute Gasteiger partial charge is 0.291 e. The van der Waals surface area contributed by atoms with Gasteiger partial charge >= 0.3 is 0 Å². The second-order valence-electron chi connectivity index (χ2n) is 7.84. The number of rotatable bonds is 4. The van der Waals surface area contributed by atoms with Gasteiger partial charge in [-0.25, -0.2) is 8.42 Å². The summed E-state index contributed by atoms with van der Waals surface area (Å²) in [5.74, 6) is 0.132. The maximum atomic E-state index is 13.4. The first kappa shape index (κ1) is 19.8. The Labute approximate surface area is 179 Å². The second kappa shape index (κ2) is 7.23. The zero-order chi connectivity index (χ0) is 21.8. The molecule has 7 nitrogen and oxygen atoms in total. The van der Waals surface area contributed by atoms with Crippen molar-refractivity contribution in [2.75, 3.05) is 18.1 Å². The fraction of sp³-hybridized carbons (Fsp3) is 0.304. The number of amides is 1. The van der Waals surface area contributed by atoms with Gasteiger partial charge in [0.1, 0.15) is 11.3 Å². The Morgan fingerprint density at radius 2 is 1.84 bits per heavy atom. The predicted molar refractivity (Wildman–Crippen MR) is 115 cm³/mol. The summed E-state index contributed by atoms with van der Waals surface area (Å²) in [4.78, 5) is 28.4. The third-order valence-corrected chi connectivity index (χ3v) is 7.67. The van der Waals surface area contributed by atoms with Crippen LogP contribution in [0.3, 0.4) is 0 Å². The van der Waals surface area contributed by atoms with Crippen LogP contribution >= 0.6 is 0 Å². The molecular weight excluding hydrogens is 418 g/mol. The number of carbonyl (C=O) groups is 1. The van der Waals surface area contributed by atoms with Crippen LogP contribution in [0.25, 0.3) is 11.0 Å². The summed E-state index contributed by atoms with van der Waals surface area (Å²) >= 11 is 0. The van der Waals surface area contributed by atoms with Gasteiger partial charge in [0.2, 0.25) is 5.76 Å². The van der Waals surface area contributed by atoms with Crippen molar-refractivity contribution >= 4 is 26.7 Å². The van der Waals surface area contributed by atoms with E-state index >= 15 is 0 Å². The van der Waals surface area contributed by atoms with Gasteiger partial charge in [0.05, 0.1) is 35.1 Å². The molecule has 160 valence electrons. The molecule has 8 heteroatoms. The topological polar surface area (TPSA) is 93.9 Å². The van der Waals surface area contributed by atoms with Crippen molar-refractivity contribution in [3.05, 3.63) is 75.6 Å². The number of nitrogens with zero attached hydrogens (tertiary/aromatic N) is 1. The molecule has 1 aromatic heterocycles. The van der Waals surface area contributed by atoms with Crippen LogP contribution in [0.2, 0.25) is 0 Å². The summed E-state index contributed by atoms with van der Waals surface area (Å²) in [6.45, 7) is 2.41. The molecule has 2 aromatic carbocycles. The van der Waals surface area contributed by atoms with E-state index in [9.17, 15) is 18.0 Å². The molecule has 5 rings (SSSR count). The molecule has 0 radical (unpaired) electrons. The molecule has 0 saturated carbocycles. The number of ether oxygens (including phenoxy) is 1. The van der Waals surface area contributed by atoms with E-state index in [0.717, 1.165) is 0 Å². The minimum Gasteiger partial charge on any atom is -0.494 e. The minimum absolute atomic E-state index is 0.00752. The SMILES string of the molecule is CCOc1ccc([C@H]2c3c(oc4ccccc4c3=O)C(=O)N2[C@@H]2CCS(=O)(=O)C2)cc1. The molecule has 1 saturated heterocycles. The molecule has 3 aromatic rings. The van der Waals surface area contributed by atoms with E-state index in [1.807, 2.05) is 19.1 Å². The average Bonchev–Trinajstić information content (AvgIpc) is 3.26. The number of benzene rings is 2. The highest BCUT2D eigenvalue weighted by molar-refractivity contribution is 7.91. The number of hydrogen-bond donors (Lipinski definition) is 0. The van der Waals surface area contributed by atoms with Crippen molar-refractivity contribution < 1.29 is 22.4 Å². The maximum absolute atomic E-state index is 13.4. The molecule has 0 unspecified atom stereocenters. The lowest BCUT2D eigenvalue weighted by atomic mass is 9.97. The van der Waals surface area contributed by atoms with Gasteiger partial charge in [0, 0.05) is 6.04 Å². The van der Waals surface area contributed by atoms with E-state index in [0.29, 0.717) is 35.3 Å². The highest BCUT2D eigenvalue weighted by Gasteiger charge is 2.48. The largest absolute Gasteiger partial charge is 0.494 e. The van der Waals surface area contributed by atoms with E-state index in [-0.39, 0.29) is 28.3 Å². The van der Waals surface area contributed by atoms with Gasteiger partial charge < -0.3 is 14.1 Å². The van der Waals surface area contributed by atoms with E-state index in [1.54, 1.807) is 36.4 Å². The van der Waals surface area contributed by atoms with Crippen molar-refractivity contribution in [2.45, 2.75) is 25.4 Å². The molecule has 31 heavy (non-hydrogen) atoms. The fourth-order valence-electron chi connectivity index (χ4n) is 4.55. The van der Waals surface area contributed by atoms with Crippen LogP contribution in [0.4, 0.5) is 0 Å². The van der Waals surface area contributed by atoms with E-state index in [2.05, 4.69) is 0 Å². The lowest BCUT2D eigenvalue weighted by molar-refractivity contribution is 0.0662. The van der Waals surface area contributed by atoms with Crippen molar-refractivity contribution in [1.82, 2.24) is 4.90 Å². The van der Waals surface area contributed by atoms with Gasteiger partial charge in [0.15, 0.2) is 15.3 Å². The van der Waals surface area contributed by atoms with Crippen molar-refractivity contribution in [3.63, 3.8) is 0 Å². The number of hydrogen-bond acceptors (Lipinski definition) is 6. The van der Waals surface area contributed by atoms with Crippen LogP contribution in [0.1, 0.15) is 41.1 Å². The Bertz CT molecular complexity index is 1340. The monoisotopic (exact) mass is 439 g/mol. The van der Waals surface area contributed by atoms with Gasteiger partial charge in [0.25, 0.3) is 5.91 Å². The lowest BCUT2D eigenvalue weighted by Gasteiger charge is -2.30. The molecule has 2 atom stereocenters. The molecule has 0 spiro atoms. The molecule has 1 amide bonds. The fourth-order valence-corrected chi connectivity index (χ4v) is 6.26. The van der Waals surface area contributed by atoms with E-state index < -0.39 is 27.8 Å². The summed E-state index contributed by atoms with van der Waals surface area (Å²) in [6.07, 6.45) is 0.337. The molecular formula is C23H21NO6S. The number of fused-ring (bicyclic) bond motifs is 2. The molecule has 0 aliphatic carbocycles. The molecule has 3 heterocycles. The number of carbonyl (C=O) groups excluding carboxylic acids is 1. The Balaban J connectivity index is 1.70. The second-order valence-corrected chi connectivity index (χ2v) is 10.1. The first-order valence-corrected chi connectivity index (χ1v) is 12.0. The zero-order valence-corrected chi connectivity index (χ0v) is 17.7. The van der Waals surface area contributed by atoms with Gasteiger partial charge in [-0.2, -0.15) is 0 Å². The summed E-state index contributed by atoms with van der Waals surface area (Å²) in [7, 11) is -3.23. The van der Waals surface area contributed by atoms with Crippen LogP contribution in [0, 0.1) is 0 Å². The number of para-hydroxylation sites is 1. The highest BCUT2D eigenvalue weighted by Crippen LogP contribution is 2.41. The molecule has 2 aliphatic heterocycles. The van der Waals surface area contributed by atoms with E-state index in [1.165, 1.54) is 4.90 Å². The van der Waals surface area contributed by atoms with Crippen LogP contribution in [-0.4, -0.2) is 43.4 Å². The first-order valence-electron chi connectivity index (χ1n) is 10.2. The maximum Gasteiger partial charge on any atom is 0.291 e. The molecule has 0 bridgehead atoms. The van der Waals surface area contributed by atoms with Crippen LogP contribution in [0.5, 0.6) is 5.75 Å². The number of sulfone groups is 1. The Kier molecular flexibility index (Phi) is 4.62. The van der Waals surface area contributed by atoms with Crippen molar-refractivity contribution in [1.29, 1.82) is 0 Å². The van der Waals surface area contributed by atoms with E-state index in [4.69, 9.17) is 9.15 Å². The standard InChI is InChI=1S/C23H21NO6S/c1-2-29-16-9-7-14(8-10-16)20-19-21(25)17-5-3-4-6-18(17)30-22(19)23(26)24(20)15-11-12-31(27,28)13-15/h3-10,15,20H,2,11-13H2,1H3/t15-,20+/m1/s1. The quantitative estimate of drug-likeness (QED) is 0.621. The van der Waals surface area contributed by atoms with Gasteiger partial charge in [-0.3, -0.25) is 9.59 Å². The van der Waals surface area contributed by atoms with Gasteiger partial charge in [-0.15, -0.1) is 0 Å². The average molecular weight is 439 g/mol. The summed E-state index contributed by atoms with van der Waals surface area (Å²) in [6, 6.07) is 12.8. The lowest BCUT2D eigenvalue weighted by Crippen LogP contribution is -2.40. The molecule has 0 N–H and O–H groups in total. The van der Waals surface area contributed by atoms with Crippen LogP contribution < -0.4 is 10.2 Å². The van der Waals surface area contributed by atoms with Gasteiger partial charge in [-0.05, 0) is 43.2 Å². The molecule has 2 aliphatic rings. The predicted octanol–water partition coefficient (Wildman–Crippen LogP) is 2.92. The van der Waals surface area contributed by atoms with Crippen molar-refractivity contribution in [2.24, 2.45) is 0 Å². The summed E-state index contributed by atoms with van der Waals surface area (Å²) in [5, 5.41) is 0.394. The normalized spacial score (nSPS) is 22.1. The van der Waals surface area contributed by atoms with Crippen LogP contribution in [-0.2, 0) is 9.84 Å². The first-order chi connectivity index (χ1) is 14.9. The Morgan fingerprint density at radius 3 is 2.52 bits per heavy atom. The summed E-state index contributed by atoms with van der Waals surface area (Å²) < 4.78 is 35.7. The summed E-state index contributed by atoms with van der Waals surface area (Å²) in [5.41, 5.74) is 1.04. The zero-order valence-electron chi connectivity index (χ0n) is 16.9. The Hall–Kier alpha value is -3.13. The third-order valence-electron chi connectivity index (χ3n) is 5.92. The highest BCUT2D eigenvalue weighted by atomic mass is 32.2. The van der Waals surface area contributed by atoms with Crippen LogP contribution in [0.15, 0.2) is 57.7 Å². The van der Waals surface area contributed by atoms with Crippen molar-refractivity contribution in [3.8, 4) is 5.75 Å². The third kappa shape index (κ3) is 3.22. The molecule has 1 fully saturated rings.